The first-order valence-corrected chi connectivity index (χ1v) is 11.0. The number of pyridine rings is 1. The van der Waals surface area contributed by atoms with E-state index in [1.54, 1.807) is 17.2 Å². The van der Waals surface area contributed by atoms with E-state index in [0.29, 0.717) is 31.5 Å². The molecule has 0 spiro atoms. The average molecular weight is 432 g/mol. The van der Waals surface area contributed by atoms with Gasteiger partial charge in [0.15, 0.2) is 0 Å². The summed E-state index contributed by atoms with van der Waals surface area (Å²) in [5, 5.41) is 0. The molecule has 3 aromatic rings. The van der Waals surface area contributed by atoms with E-state index >= 15 is 0 Å². The summed E-state index contributed by atoms with van der Waals surface area (Å²) in [6.45, 7) is 5.22. The molecule has 0 radical (unpaired) electrons. The molecule has 1 aromatic carbocycles. The van der Waals surface area contributed by atoms with Crippen molar-refractivity contribution < 1.29 is 14.0 Å². The Labute approximate surface area is 188 Å². The first kappa shape index (κ1) is 21.8. The van der Waals surface area contributed by atoms with Gasteiger partial charge >= 0.3 is 0 Å². The summed E-state index contributed by atoms with van der Waals surface area (Å²) in [5.74, 6) is -0.0671. The first-order valence-electron chi connectivity index (χ1n) is 11.0. The highest BCUT2D eigenvalue weighted by molar-refractivity contribution is 5.94. The smallest absolute Gasteiger partial charge is 0.257 e. The van der Waals surface area contributed by atoms with Crippen LogP contribution in [0.4, 0.5) is 0 Å². The summed E-state index contributed by atoms with van der Waals surface area (Å²) in [5.41, 5.74) is 4.71. The van der Waals surface area contributed by atoms with E-state index in [1.165, 1.54) is 12.5 Å². The van der Waals surface area contributed by atoms with Crippen LogP contribution in [-0.2, 0) is 4.79 Å². The van der Waals surface area contributed by atoms with Crippen LogP contribution in [0.3, 0.4) is 0 Å². The number of furan rings is 1. The van der Waals surface area contributed by atoms with Crippen molar-refractivity contribution in [1.82, 2.24) is 14.8 Å². The van der Waals surface area contributed by atoms with E-state index in [2.05, 4.69) is 24.0 Å². The average Bonchev–Trinajstić information content (AvgIpc) is 3.36. The molecule has 32 heavy (non-hydrogen) atoms. The molecule has 0 saturated carbocycles. The molecule has 1 fully saturated rings. The Bertz CT molecular complexity index is 1040. The molecule has 0 N–H and O–H groups in total. The van der Waals surface area contributed by atoms with Crippen LogP contribution in [0.2, 0.25) is 0 Å². The highest BCUT2D eigenvalue weighted by Crippen LogP contribution is 2.33. The van der Waals surface area contributed by atoms with Gasteiger partial charge in [-0.15, -0.1) is 0 Å². The second-order valence-corrected chi connectivity index (χ2v) is 8.49. The zero-order valence-corrected chi connectivity index (χ0v) is 18.8. The van der Waals surface area contributed by atoms with Gasteiger partial charge in [-0.25, -0.2) is 0 Å². The molecule has 0 bridgehead atoms. The number of carbonyl (C=O) groups excluding carboxylic acids is 2. The maximum atomic E-state index is 13.6. The molecule has 4 rings (SSSR count). The van der Waals surface area contributed by atoms with Gasteiger partial charge in [0.2, 0.25) is 5.91 Å². The van der Waals surface area contributed by atoms with E-state index in [4.69, 9.17) is 4.42 Å². The van der Waals surface area contributed by atoms with Crippen molar-refractivity contribution in [2.45, 2.75) is 32.7 Å². The molecule has 6 heteroatoms. The van der Waals surface area contributed by atoms with Gasteiger partial charge in [-0.3, -0.25) is 14.6 Å². The molecule has 166 valence electrons. The lowest BCUT2D eigenvalue weighted by molar-refractivity contribution is -0.137. The summed E-state index contributed by atoms with van der Waals surface area (Å²) in [7, 11) is 1.87. The largest absolute Gasteiger partial charge is 0.472 e. The summed E-state index contributed by atoms with van der Waals surface area (Å²) < 4.78 is 5.03. The van der Waals surface area contributed by atoms with Crippen LogP contribution < -0.4 is 0 Å². The number of hydrogen-bond donors (Lipinski definition) is 0. The van der Waals surface area contributed by atoms with Crippen LogP contribution in [0, 0.1) is 19.8 Å². The lowest BCUT2D eigenvalue weighted by atomic mass is 9.91. The van der Waals surface area contributed by atoms with Crippen molar-refractivity contribution in [3.05, 3.63) is 89.1 Å². The number of aromatic nitrogens is 1. The Morgan fingerprint density at radius 2 is 1.78 bits per heavy atom. The lowest BCUT2D eigenvalue weighted by Gasteiger charge is -2.36. The first-order chi connectivity index (χ1) is 15.5. The minimum Gasteiger partial charge on any atom is -0.472 e. The van der Waals surface area contributed by atoms with Crippen LogP contribution in [0.15, 0.2) is 65.6 Å². The predicted molar refractivity (Wildman–Crippen MR) is 122 cm³/mol. The highest BCUT2D eigenvalue weighted by Gasteiger charge is 2.34. The Kier molecular flexibility index (Phi) is 6.40. The molecule has 1 aliphatic heterocycles. The number of amides is 2. The molecule has 1 unspecified atom stereocenters. The van der Waals surface area contributed by atoms with Crippen molar-refractivity contribution >= 4 is 11.8 Å². The number of aryl methyl sites for hydroxylation is 2. The molecule has 1 atom stereocenters. The SMILES string of the molecule is Cc1ccccc1C(c1ncccc1C)N(C)C(=O)C1CCN(C(=O)c2ccoc2)CC1. The van der Waals surface area contributed by atoms with E-state index < -0.39 is 0 Å². The van der Waals surface area contributed by atoms with Crippen molar-refractivity contribution in [3.63, 3.8) is 0 Å². The van der Waals surface area contributed by atoms with Gasteiger partial charge in [-0.05, 0) is 55.5 Å². The molecular formula is C26H29N3O3. The second kappa shape index (κ2) is 9.39. The predicted octanol–water partition coefficient (Wildman–Crippen LogP) is 4.39. The Balaban J connectivity index is 1.54. The van der Waals surface area contributed by atoms with E-state index in [1.807, 2.05) is 43.1 Å². The fourth-order valence-corrected chi connectivity index (χ4v) is 4.53. The van der Waals surface area contributed by atoms with Gasteiger partial charge in [0.25, 0.3) is 5.91 Å². The molecule has 2 aromatic heterocycles. The van der Waals surface area contributed by atoms with Gasteiger partial charge in [0.05, 0.1) is 23.6 Å². The number of piperidine rings is 1. The summed E-state index contributed by atoms with van der Waals surface area (Å²) in [6.07, 6.45) is 6.05. The van der Waals surface area contributed by atoms with E-state index in [-0.39, 0.29) is 23.8 Å². The van der Waals surface area contributed by atoms with Crippen molar-refractivity contribution in [3.8, 4) is 0 Å². The van der Waals surface area contributed by atoms with E-state index in [0.717, 1.165) is 22.4 Å². The quantitative estimate of drug-likeness (QED) is 0.601. The van der Waals surface area contributed by atoms with Crippen LogP contribution in [0.25, 0.3) is 0 Å². The third-order valence-corrected chi connectivity index (χ3v) is 6.43. The summed E-state index contributed by atoms with van der Waals surface area (Å²) in [6, 6.07) is 13.5. The molecule has 1 aliphatic rings. The van der Waals surface area contributed by atoms with Gasteiger partial charge in [-0.1, -0.05) is 30.3 Å². The number of benzene rings is 1. The van der Waals surface area contributed by atoms with Crippen LogP contribution >= 0.6 is 0 Å². The Morgan fingerprint density at radius 1 is 1.06 bits per heavy atom. The fourth-order valence-electron chi connectivity index (χ4n) is 4.53. The third kappa shape index (κ3) is 4.31. The van der Waals surface area contributed by atoms with Crippen LogP contribution in [-0.4, -0.2) is 46.7 Å². The maximum absolute atomic E-state index is 13.6. The third-order valence-electron chi connectivity index (χ3n) is 6.43. The fraction of sp³-hybridized carbons (Fsp3) is 0.346. The van der Waals surface area contributed by atoms with Crippen molar-refractivity contribution in [2.75, 3.05) is 20.1 Å². The van der Waals surface area contributed by atoms with Gasteiger partial charge in [-0.2, -0.15) is 0 Å². The van der Waals surface area contributed by atoms with Crippen molar-refractivity contribution in [1.29, 1.82) is 0 Å². The Hall–Kier alpha value is -3.41. The Morgan fingerprint density at radius 3 is 2.44 bits per heavy atom. The molecular weight excluding hydrogens is 402 g/mol. The molecule has 3 heterocycles. The molecule has 1 saturated heterocycles. The number of hydrogen-bond acceptors (Lipinski definition) is 4. The monoisotopic (exact) mass is 431 g/mol. The standard InChI is InChI=1S/C26H29N3O3/c1-18-7-4-5-9-22(18)24(23-19(2)8-6-13-27-23)28(3)25(30)20-10-14-29(15-11-20)26(31)21-12-16-32-17-21/h4-9,12-13,16-17,20,24H,10-11,14-15H2,1-3H3. The summed E-state index contributed by atoms with van der Waals surface area (Å²) >= 11 is 0. The second-order valence-electron chi connectivity index (χ2n) is 8.49. The molecule has 0 aliphatic carbocycles. The van der Waals surface area contributed by atoms with Crippen molar-refractivity contribution in [2.24, 2.45) is 5.92 Å². The topological polar surface area (TPSA) is 66.7 Å². The van der Waals surface area contributed by atoms with E-state index in [9.17, 15) is 9.59 Å². The minimum atomic E-state index is -0.254. The normalized spacial score (nSPS) is 15.4. The van der Waals surface area contributed by atoms with Gasteiger partial charge < -0.3 is 14.2 Å². The lowest BCUT2D eigenvalue weighted by Crippen LogP contribution is -2.44. The number of nitrogens with zero attached hydrogens (tertiary/aromatic N) is 3. The maximum Gasteiger partial charge on any atom is 0.257 e. The van der Waals surface area contributed by atoms with Gasteiger partial charge in [0.1, 0.15) is 6.26 Å². The van der Waals surface area contributed by atoms with Gasteiger partial charge in [0, 0.05) is 32.3 Å². The summed E-state index contributed by atoms with van der Waals surface area (Å²) in [4.78, 5) is 34.5. The minimum absolute atomic E-state index is 0.0418. The van der Waals surface area contributed by atoms with Crippen LogP contribution in [0.1, 0.15) is 51.6 Å². The molecule has 2 amide bonds. The number of carbonyl (C=O) groups is 2. The number of likely N-dealkylation sites (tertiary alicyclic amines) is 1. The zero-order chi connectivity index (χ0) is 22.7. The number of rotatable bonds is 5. The van der Waals surface area contributed by atoms with Crippen LogP contribution in [0.5, 0.6) is 0 Å². The highest BCUT2D eigenvalue weighted by atomic mass is 16.3. The zero-order valence-electron chi connectivity index (χ0n) is 18.8. The molecule has 6 nitrogen and oxygen atoms in total.